The number of carbonyl (C=O) groups excluding carboxylic acids is 2. The molecule has 0 radical (unpaired) electrons. The van der Waals surface area contributed by atoms with E-state index in [1.54, 1.807) is 24.7 Å². The first-order chi connectivity index (χ1) is 22.7. The topological polar surface area (TPSA) is 290 Å². The van der Waals surface area contributed by atoms with E-state index in [0.717, 1.165) is 19.5 Å². The molecule has 0 bridgehead atoms. The number of nitrogens with zero attached hydrogens (tertiary/aromatic N) is 6. The van der Waals surface area contributed by atoms with E-state index in [0.29, 0.717) is 19.4 Å². The van der Waals surface area contributed by atoms with Crippen LogP contribution in [0.2, 0.25) is 0 Å². The summed E-state index contributed by atoms with van der Waals surface area (Å²) in [7, 11) is 0. The average Bonchev–Trinajstić information content (AvgIpc) is 3.47. The van der Waals surface area contributed by atoms with Crippen LogP contribution in [-0.4, -0.2) is 139 Å². The van der Waals surface area contributed by atoms with Gasteiger partial charge in [0.2, 0.25) is 0 Å². The van der Waals surface area contributed by atoms with E-state index in [1.807, 2.05) is 13.8 Å². The lowest BCUT2D eigenvalue weighted by Crippen LogP contribution is -2.58. The van der Waals surface area contributed by atoms with Crippen molar-refractivity contribution < 1.29 is 69.0 Å². The Morgan fingerprint density at radius 1 is 0.917 bits per heavy atom. The van der Waals surface area contributed by atoms with E-state index in [-0.39, 0.29) is 19.8 Å². The van der Waals surface area contributed by atoms with E-state index < -0.39 is 73.4 Å². The molecule has 0 saturated carbocycles. The fraction of sp³-hybridized carbons (Fsp3) is 0.786. The van der Waals surface area contributed by atoms with Crippen LogP contribution in [0.4, 0.5) is 0 Å². The van der Waals surface area contributed by atoms with Gasteiger partial charge in [0.25, 0.3) is 0 Å². The Labute approximate surface area is 278 Å². The first-order valence-electron chi connectivity index (χ1n) is 14.9. The maximum atomic E-state index is 9.85. The van der Waals surface area contributed by atoms with Crippen LogP contribution in [0, 0.1) is 19.3 Å². The van der Waals surface area contributed by atoms with Crippen molar-refractivity contribution in [2.24, 2.45) is 5.11 Å². The van der Waals surface area contributed by atoms with Gasteiger partial charge in [0, 0.05) is 31.5 Å². The maximum absolute atomic E-state index is 9.85. The van der Waals surface area contributed by atoms with E-state index in [9.17, 15) is 40.2 Å². The van der Waals surface area contributed by atoms with Crippen LogP contribution in [0.5, 0.6) is 0 Å². The van der Waals surface area contributed by atoms with Crippen LogP contribution < -0.4 is 0 Å². The third-order valence-corrected chi connectivity index (χ3v) is 6.21. The van der Waals surface area contributed by atoms with Gasteiger partial charge in [-0.2, -0.15) is 0 Å². The Morgan fingerprint density at radius 2 is 1.35 bits per heavy atom. The number of aryl methyl sites for hydroxylation is 1. The molecule has 48 heavy (non-hydrogen) atoms. The molecule has 6 N–H and O–H groups in total. The molecule has 10 atom stereocenters. The van der Waals surface area contributed by atoms with Gasteiger partial charge in [-0.1, -0.05) is 24.2 Å². The fourth-order valence-electron chi connectivity index (χ4n) is 3.92. The minimum Gasteiger partial charge on any atom is -0.388 e. The lowest BCUT2D eigenvalue weighted by atomic mass is 9.97. The Kier molecular flexibility index (Phi) is 22.9. The summed E-state index contributed by atoms with van der Waals surface area (Å²) >= 11 is 0. The predicted molar refractivity (Wildman–Crippen MR) is 163 cm³/mol. The maximum Gasteiger partial charge on any atom is 0.352 e. The second kappa shape index (κ2) is 24.7. The van der Waals surface area contributed by atoms with Gasteiger partial charge in [0.1, 0.15) is 36.6 Å². The van der Waals surface area contributed by atoms with Gasteiger partial charge in [-0.15, -0.1) is 17.4 Å². The van der Waals surface area contributed by atoms with Gasteiger partial charge in [-0.3, -0.25) is 0 Å². The van der Waals surface area contributed by atoms with Gasteiger partial charge in [-0.25, -0.2) is 24.0 Å². The van der Waals surface area contributed by atoms with E-state index in [2.05, 4.69) is 42.5 Å². The summed E-state index contributed by atoms with van der Waals surface area (Å²) in [6.45, 7) is 10.3. The van der Waals surface area contributed by atoms with Gasteiger partial charge in [0.15, 0.2) is 12.6 Å². The third kappa shape index (κ3) is 16.6. The van der Waals surface area contributed by atoms with E-state index in [1.165, 1.54) is 0 Å². The number of aliphatic hydroxyl groups excluding tert-OH is 6. The molecule has 1 aromatic heterocycles. The molecule has 4 unspecified atom stereocenters. The molecule has 20 heteroatoms. The second-order valence-electron chi connectivity index (χ2n) is 10.1. The zero-order chi connectivity index (χ0) is 36.8. The number of ether oxygens (including phenoxy) is 4. The standard InChI is InChI=1S/C12H21N3O5.C9H17N3O5.C4H6O4.C3H4/c1-3-8-9(16)10(17)11(18)12(20-8)19-5-4-15-6-7(2)13-14-15;1-2-5-6(13)7(14)8(15)9(17-5)16-4-3-11-12-10;1-3(5)7-8-4(2)6;1-3-2/h6,8-12,16-18H,3-5H2,1-2H3;5-9,13-15H,2-4H2,1H3;1-2H3;1H,2H3/t8?,9-,10+,11?,12-;5?,6-,7+,8?,9-;;/m11../s1. The summed E-state index contributed by atoms with van der Waals surface area (Å²) in [5.41, 5.74) is 8.87. The lowest BCUT2D eigenvalue weighted by molar-refractivity contribution is -0.297. The fourth-order valence-corrected chi connectivity index (χ4v) is 3.92. The molecule has 0 spiro atoms. The Hall–Kier alpha value is -3.45. The summed E-state index contributed by atoms with van der Waals surface area (Å²) in [6, 6.07) is 0. The molecular formula is C28H48N6O14. The molecule has 274 valence electrons. The average molecular weight is 693 g/mol. The second-order valence-corrected chi connectivity index (χ2v) is 10.1. The molecule has 2 aliphatic heterocycles. The molecular weight excluding hydrogens is 644 g/mol. The SMILES string of the molecule is C#CC.CC(=O)OOC(C)=O.CCC1O[C@@H](OCCN=[N+]=[N-])C(O)[C@@H](O)[C@@H]1O.CCC1O[C@@H](OCCn2cc(C)nn2)C(O)[C@@H](O)[C@@H]1O. The van der Waals surface area contributed by atoms with E-state index >= 15 is 0 Å². The van der Waals surface area contributed by atoms with Crippen molar-refractivity contribution in [1.82, 2.24) is 15.0 Å². The number of carbonyl (C=O) groups is 2. The van der Waals surface area contributed by atoms with Crippen molar-refractivity contribution in [3.63, 3.8) is 0 Å². The summed E-state index contributed by atoms with van der Waals surface area (Å²) in [5.74, 6) is 0.973. The molecule has 3 heterocycles. The lowest BCUT2D eigenvalue weighted by Gasteiger charge is -2.40. The van der Waals surface area contributed by atoms with Crippen molar-refractivity contribution >= 4 is 11.9 Å². The van der Waals surface area contributed by atoms with Crippen LogP contribution in [0.3, 0.4) is 0 Å². The first kappa shape index (κ1) is 44.5. The predicted octanol–water partition coefficient (Wildman–Crippen LogP) is -0.981. The van der Waals surface area contributed by atoms with Gasteiger partial charge >= 0.3 is 11.9 Å². The van der Waals surface area contributed by atoms with Crippen LogP contribution in [-0.2, 0) is 44.9 Å². The Morgan fingerprint density at radius 3 is 1.71 bits per heavy atom. The summed E-state index contributed by atoms with van der Waals surface area (Å²) in [5, 5.41) is 69.0. The molecule has 3 rings (SSSR count). The van der Waals surface area contributed by atoms with Crippen LogP contribution >= 0.6 is 0 Å². The quantitative estimate of drug-likeness (QED) is 0.0327. The number of hydrogen-bond acceptors (Lipinski definition) is 17. The normalized spacial score (nSPS) is 29.1. The molecule has 2 aliphatic rings. The minimum atomic E-state index is -1.32. The van der Waals surface area contributed by atoms with Crippen LogP contribution in [0.15, 0.2) is 11.3 Å². The number of aromatic nitrogens is 3. The molecule has 20 nitrogen and oxygen atoms in total. The molecule has 0 aromatic carbocycles. The van der Waals surface area contributed by atoms with Crippen molar-refractivity contribution in [1.29, 1.82) is 0 Å². The number of azide groups is 1. The van der Waals surface area contributed by atoms with Crippen molar-refractivity contribution in [2.75, 3.05) is 19.8 Å². The van der Waals surface area contributed by atoms with E-state index in [4.69, 9.17) is 24.5 Å². The summed E-state index contributed by atoms with van der Waals surface area (Å²) in [6.07, 6.45) is -3.14. The highest BCUT2D eigenvalue weighted by molar-refractivity contribution is 5.69. The van der Waals surface area contributed by atoms with Gasteiger partial charge in [0.05, 0.1) is 37.7 Å². The largest absolute Gasteiger partial charge is 0.388 e. The Balaban J connectivity index is 0.000000713. The third-order valence-electron chi connectivity index (χ3n) is 6.21. The summed E-state index contributed by atoms with van der Waals surface area (Å²) in [4.78, 5) is 29.9. The highest BCUT2D eigenvalue weighted by Gasteiger charge is 2.44. The van der Waals surface area contributed by atoms with Gasteiger partial charge < -0.3 is 49.6 Å². The first-order valence-corrected chi connectivity index (χ1v) is 14.9. The zero-order valence-corrected chi connectivity index (χ0v) is 27.8. The van der Waals surface area contributed by atoms with Crippen molar-refractivity contribution in [3.8, 4) is 12.3 Å². The highest BCUT2D eigenvalue weighted by atomic mass is 17.2. The number of terminal acetylenes is 1. The van der Waals surface area contributed by atoms with Gasteiger partial charge in [-0.05, 0) is 32.2 Å². The number of aliphatic hydroxyl groups is 6. The number of rotatable bonds is 10. The molecule has 0 aliphatic carbocycles. The minimum absolute atomic E-state index is 0.0744. The van der Waals surface area contributed by atoms with Crippen molar-refractivity contribution in [3.05, 3.63) is 22.3 Å². The zero-order valence-electron chi connectivity index (χ0n) is 27.8. The molecule has 2 saturated heterocycles. The summed E-state index contributed by atoms with van der Waals surface area (Å²) < 4.78 is 22.9. The number of hydrogen-bond donors (Lipinski definition) is 6. The highest BCUT2D eigenvalue weighted by Crippen LogP contribution is 2.24. The van der Waals surface area contributed by atoms with Crippen LogP contribution in [0.25, 0.3) is 10.4 Å². The molecule has 2 fully saturated rings. The Bertz CT molecular complexity index is 1130. The smallest absolute Gasteiger partial charge is 0.352 e. The molecule has 1 aromatic rings. The van der Waals surface area contributed by atoms with Crippen molar-refractivity contribution in [2.45, 2.75) is 122 Å². The monoisotopic (exact) mass is 692 g/mol. The molecule has 0 amide bonds. The van der Waals surface area contributed by atoms with Crippen LogP contribution in [0.1, 0.15) is 53.2 Å².